The lowest BCUT2D eigenvalue weighted by atomic mass is 9.63. The molecule has 2 heteroatoms. The number of hydrogen-bond acceptors (Lipinski definition) is 2. The Morgan fingerprint density at radius 2 is 2.05 bits per heavy atom. The first-order valence-electron chi connectivity index (χ1n) is 8.06. The number of methoxy groups -OCH3 is 1. The van der Waals surface area contributed by atoms with Crippen molar-refractivity contribution in [2.24, 2.45) is 11.3 Å². The second-order valence-electron chi connectivity index (χ2n) is 6.96. The molecule has 0 radical (unpaired) electrons. The van der Waals surface area contributed by atoms with E-state index in [9.17, 15) is 4.79 Å². The van der Waals surface area contributed by atoms with Gasteiger partial charge in [0, 0.05) is 11.8 Å². The maximum absolute atomic E-state index is 12.3. The molecule has 0 bridgehead atoms. The molecule has 3 aliphatic rings. The topological polar surface area (TPSA) is 26.3 Å². The van der Waals surface area contributed by atoms with Crippen LogP contribution in [-0.4, -0.2) is 12.9 Å². The van der Waals surface area contributed by atoms with Crippen LogP contribution in [-0.2, 0) is 11.2 Å². The SMILES string of the molecule is COc1ccc2c(c1)CCC1=C2CC[C@]2(C)C(=O)CC[C@@H]12. The average Bonchev–Trinajstić information content (AvgIpc) is 2.82. The Morgan fingerprint density at radius 3 is 2.86 bits per heavy atom. The average molecular weight is 282 g/mol. The third-order valence-electron chi connectivity index (χ3n) is 6.07. The van der Waals surface area contributed by atoms with E-state index in [2.05, 4.69) is 25.1 Å². The van der Waals surface area contributed by atoms with Gasteiger partial charge in [-0.15, -0.1) is 0 Å². The van der Waals surface area contributed by atoms with E-state index in [-0.39, 0.29) is 5.41 Å². The summed E-state index contributed by atoms with van der Waals surface area (Å²) in [5.74, 6) is 1.96. The highest BCUT2D eigenvalue weighted by Crippen LogP contribution is 2.56. The van der Waals surface area contributed by atoms with Gasteiger partial charge < -0.3 is 4.74 Å². The number of carbonyl (C=O) groups excluding carboxylic acids is 1. The molecule has 0 aromatic heterocycles. The van der Waals surface area contributed by atoms with Crippen LogP contribution in [0.25, 0.3) is 5.57 Å². The van der Waals surface area contributed by atoms with Gasteiger partial charge in [-0.1, -0.05) is 18.6 Å². The summed E-state index contributed by atoms with van der Waals surface area (Å²) in [7, 11) is 1.73. The molecule has 1 aromatic rings. The molecule has 0 unspecified atom stereocenters. The summed E-state index contributed by atoms with van der Waals surface area (Å²) in [4.78, 5) is 12.3. The zero-order valence-corrected chi connectivity index (χ0v) is 12.9. The predicted molar refractivity (Wildman–Crippen MR) is 83.3 cm³/mol. The minimum Gasteiger partial charge on any atom is -0.497 e. The number of aryl methyl sites for hydroxylation is 1. The first-order valence-corrected chi connectivity index (χ1v) is 8.06. The molecule has 0 aliphatic heterocycles. The fourth-order valence-electron chi connectivity index (χ4n) is 4.80. The quantitative estimate of drug-likeness (QED) is 0.772. The van der Waals surface area contributed by atoms with Crippen molar-refractivity contribution in [2.45, 2.75) is 45.4 Å². The molecule has 0 N–H and O–H groups in total. The molecular weight excluding hydrogens is 260 g/mol. The van der Waals surface area contributed by atoms with Gasteiger partial charge in [-0.25, -0.2) is 0 Å². The van der Waals surface area contributed by atoms with Crippen molar-refractivity contribution in [3.8, 4) is 5.75 Å². The van der Waals surface area contributed by atoms with E-state index >= 15 is 0 Å². The molecule has 110 valence electrons. The summed E-state index contributed by atoms with van der Waals surface area (Å²) in [5, 5.41) is 0. The lowest BCUT2D eigenvalue weighted by molar-refractivity contribution is -0.126. The number of carbonyl (C=O) groups is 1. The van der Waals surface area contributed by atoms with Gasteiger partial charge in [0.2, 0.25) is 0 Å². The van der Waals surface area contributed by atoms with Crippen molar-refractivity contribution in [3.05, 3.63) is 34.9 Å². The molecule has 1 aromatic carbocycles. The molecule has 1 fully saturated rings. The van der Waals surface area contributed by atoms with Crippen molar-refractivity contribution in [1.82, 2.24) is 0 Å². The van der Waals surface area contributed by atoms with Crippen molar-refractivity contribution >= 4 is 11.4 Å². The Labute approximate surface area is 126 Å². The van der Waals surface area contributed by atoms with Gasteiger partial charge in [-0.05, 0) is 66.9 Å². The van der Waals surface area contributed by atoms with Crippen LogP contribution in [0.2, 0.25) is 0 Å². The molecule has 0 saturated heterocycles. The number of Topliss-reactive ketones (excluding diaryl/α,β-unsaturated/α-hetero) is 1. The number of ketones is 1. The van der Waals surface area contributed by atoms with Crippen LogP contribution in [0, 0.1) is 11.3 Å². The number of allylic oxidation sites excluding steroid dienone is 2. The van der Waals surface area contributed by atoms with E-state index in [0.29, 0.717) is 11.7 Å². The van der Waals surface area contributed by atoms with Crippen molar-refractivity contribution in [2.75, 3.05) is 7.11 Å². The van der Waals surface area contributed by atoms with Crippen molar-refractivity contribution < 1.29 is 9.53 Å². The van der Waals surface area contributed by atoms with Crippen LogP contribution in [0.4, 0.5) is 0 Å². The van der Waals surface area contributed by atoms with Gasteiger partial charge in [0.15, 0.2) is 0 Å². The number of fused-ring (bicyclic) bond motifs is 4. The number of rotatable bonds is 1. The van der Waals surface area contributed by atoms with E-state index in [1.807, 2.05) is 0 Å². The van der Waals surface area contributed by atoms with Crippen LogP contribution in [0.15, 0.2) is 23.8 Å². The molecule has 0 amide bonds. The molecular formula is C19H22O2. The van der Waals surface area contributed by atoms with Crippen LogP contribution in [0.1, 0.15) is 50.2 Å². The monoisotopic (exact) mass is 282 g/mol. The molecule has 0 heterocycles. The highest BCUT2D eigenvalue weighted by Gasteiger charge is 2.50. The highest BCUT2D eigenvalue weighted by molar-refractivity contribution is 5.90. The first kappa shape index (κ1) is 13.1. The van der Waals surface area contributed by atoms with Gasteiger partial charge in [0.05, 0.1) is 7.11 Å². The summed E-state index contributed by atoms with van der Waals surface area (Å²) in [6.07, 6.45) is 6.16. The van der Waals surface area contributed by atoms with Crippen molar-refractivity contribution in [3.63, 3.8) is 0 Å². The molecule has 3 aliphatic carbocycles. The molecule has 0 spiro atoms. The standard InChI is InChI=1S/C19H22O2/c1-19-10-9-15-14-6-4-13(21-2)11-12(14)3-5-16(15)17(19)7-8-18(19)20/h4,6,11,17H,3,5,7-10H2,1-2H3/t17-,19-/m0/s1. The minimum atomic E-state index is -0.0667. The smallest absolute Gasteiger partial charge is 0.139 e. The Balaban J connectivity index is 1.81. The van der Waals surface area contributed by atoms with E-state index in [0.717, 1.165) is 44.3 Å². The Morgan fingerprint density at radius 1 is 1.19 bits per heavy atom. The van der Waals surface area contributed by atoms with E-state index < -0.39 is 0 Å². The lowest BCUT2D eigenvalue weighted by Gasteiger charge is -2.40. The zero-order chi connectivity index (χ0) is 14.6. The lowest BCUT2D eigenvalue weighted by Crippen LogP contribution is -2.34. The van der Waals surface area contributed by atoms with Gasteiger partial charge in [0.1, 0.15) is 11.5 Å². The predicted octanol–water partition coefficient (Wildman–Crippen LogP) is 4.17. The maximum atomic E-state index is 12.3. The molecule has 1 saturated carbocycles. The highest BCUT2D eigenvalue weighted by atomic mass is 16.5. The van der Waals surface area contributed by atoms with Crippen LogP contribution in [0.5, 0.6) is 5.75 Å². The van der Waals surface area contributed by atoms with Crippen LogP contribution < -0.4 is 4.74 Å². The third kappa shape index (κ3) is 1.74. The molecule has 21 heavy (non-hydrogen) atoms. The van der Waals surface area contributed by atoms with E-state index in [1.165, 1.54) is 16.7 Å². The van der Waals surface area contributed by atoms with E-state index in [1.54, 1.807) is 12.7 Å². The summed E-state index contributed by atoms with van der Waals surface area (Å²) in [6, 6.07) is 6.48. The molecule has 2 nitrogen and oxygen atoms in total. The summed E-state index contributed by atoms with van der Waals surface area (Å²) >= 11 is 0. The van der Waals surface area contributed by atoms with Crippen molar-refractivity contribution in [1.29, 1.82) is 0 Å². The van der Waals surface area contributed by atoms with Crippen LogP contribution in [0.3, 0.4) is 0 Å². The van der Waals surface area contributed by atoms with Gasteiger partial charge >= 0.3 is 0 Å². The Hall–Kier alpha value is -1.57. The molecule has 2 atom stereocenters. The first-order chi connectivity index (χ1) is 10.1. The van der Waals surface area contributed by atoms with Gasteiger partial charge in [-0.2, -0.15) is 0 Å². The normalized spacial score (nSPS) is 30.8. The minimum absolute atomic E-state index is 0.0667. The number of hydrogen-bond donors (Lipinski definition) is 0. The summed E-state index contributed by atoms with van der Waals surface area (Å²) < 4.78 is 5.36. The third-order valence-corrected chi connectivity index (χ3v) is 6.07. The molecule has 4 rings (SSSR count). The number of ether oxygens (including phenoxy) is 1. The van der Waals surface area contributed by atoms with E-state index in [4.69, 9.17) is 4.74 Å². The fraction of sp³-hybridized carbons (Fsp3) is 0.526. The van der Waals surface area contributed by atoms with Gasteiger partial charge in [-0.3, -0.25) is 4.79 Å². The maximum Gasteiger partial charge on any atom is 0.139 e. The second kappa shape index (κ2) is 4.46. The Kier molecular flexibility index (Phi) is 2.79. The largest absolute Gasteiger partial charge is 0.497 e. The summed E-state index contributed by atoms with van der Waals surface area (Å²) in [5.41, 5.74) is 5.89. The summed E-state index contributed by atoms with van der Waals surface area (Å²) in [6.45, 7) is 2.21. The van der Waals surface area contributed by atoms with Crippen LogP contribution >= 0.6 is 0 Å². The Bertz CT molecular complexity index is 656. The van der Waals surface area contributed by atoms with Gasteiger partial charge in [0.25, 0.3) is 0 Å². The number of benzene rings is 1. The zero-order valence-electron chi connectivity index (χ0n) is 12.9. The fourth-order valence-corrected chi connectivity index (χ4v) is 4.80. The second-order valence-corrected chi connectivity index (χ2v) is 6.96.